The van der Waals surface area contributed by atoms with E-state index in [1.54, 1.807) is 6.26 Å². The van der Waals surface area contributed by atoms with Gasteiger partial charge in [-0.05, 0) is 6.26 Å². The Labute approximate surface area is 55.0 Å². The summed E-state index contributed by atoms with van der Waals surface area (Å²) in [6, 6.07) is -1.26. The maximum atomic E-state index is 11.6. The van der Waals surface area contributed by atoms with E-state index in [9.17, 15) is 13.2 Å². The zero-order valence-electron chi connectivity index (χ0n) is 4.70. The van der Waals surface area contributed by atoms with E-state index >= 15 is 0 Å². The number of halogens is 3. The van der Waals surface area contributed by atoms with Gasteiger partial charge in [0.05, 0.1) is 5.37 Å². The lowest BCUT2D eigenvalue weighted by atomic mass is 10.5. The molecule has 1 N–H and O–H groups in total. The number of alkyl halides is 3. The number of hydrogen-bond donors (Lipinski definition) is 1. The van der Waals surface area contributed by atoms with Crippen molar-refractivity contribution >= 4 is 11.8 Å². The van der Waals surface area contributed by atoms with Crippen molar-refractivity contribution in [3.63, 3.8) is 0 Å². The molecule has 2 atom stereocenters. The summed E-state index contributed by atoms with van der Waals surface area (Å²) < 4.78 is 34.8. The molecule has 0 aromatic rings. The molecule has 0 saturated carbocycles. The molecule has 0 amide bonds. The molecule has 0 radical (unpaired) electrons. The minimum atomic E-state index is -4.05. The summed E-state index contributed by atoms with van der Waals surface area (Å²) in [7, 11) is 0. The van der Waals surface area contributed by atoms with Gasteiger partial charge in [0, 0.05) is 0 Å². The molecule has 0 aliphatic carbocycles. The standard InChI is InChI=1S/C4H6F3NS/c1-9-3-2(8-3)4(5,6)7/h2-3,8H,1H3/t2-,3-/m1/s1. The Morgan fingerprint density at radius 3 is 2.11 bits per heavy atom. The molecular weight excluding hydrogens is 151 g/mol. The number of hydrogen-bond acceptors (Lipinski definition) is 2. The zero-order chi connectivity index (χ0) is 7.07. The monoisotopic (exact) mass is 157 g/mol. The summed E-state index contributed by atoms with van der Waals surface area (Å²) >= 11 is 1.19. The molecule has 0 aromatic heterocycles. The highest BCUT2D eigenvalue weighted by Crippen LogP contribution is 2.35. The van der Waals surface area contributed by atoms with Crippen LogP contribution in [0.5, 0.6) is 0 Å². The maximum Gasteiger partial charge on any atom is 0.406 e. The second kappa shape index (κ2) is 2.05. The van der Waals surface area contributed by atoms with Crippen molar-refractivity contribution in [1.29, 1.82) is 0 Å². The van der Waals surface area contributed by atoms with Crippen LogP contribution in [0.2, 0.25) is 0 Å². The van der Waals surface area contributed by atoms with Crippen LogP contribution in [0, 0.1) is 0 Å². The Morgan fingerprint density at radius 2 is 2.00 bits per heavy atom. The van der Waals surface area contributed by atoms with Gasteiger partial charge in [0.2, 0.25) is 0 Å². The molecule has 1 fully saturated rings. The van der Waals surface area contributed by atoms with E-state index in [0.29, 0.717) is 0 Å². The molecule has 9 heavy (non-hydrogen) atoms. The molecule has 1 aliphatic rings. The zero-order valence-corrected chi connectivity index (χ0v) is 5.51. The van der Waals surface area contributed by atoms with Crippen molar-refractivity contribution in [2.45, 2.75) is 17.6 Å². The Kier molecular flexibility index (Phi) is 1.65. The van der Waals surface area contributed by atoms with Crippen molar-refractivity contribution in [3.05, 3.63) is 0 Å². The third kappa shape index (κ3) is 1.52. The molecule has 54 valence electrons. The number of rotatable bonds is 1. The van der Waals surface area contributed by atoms with Crippen molar-refractivity contribution in [2.75, 3.05) is 6.26 Å². The van der Waals surface area contributed by atoms with Gasteiger partial charge in [-0.1, -0.05) is 0 Å². The van der Waals surface area contributed by atoms with Gasteiger partial charge in [0.1, 0.15) is 6.04 Å². The van der Waals surface area contributed by atoms with Crippen LogP contribution in [0.25, 0.3) is 0 Å². The minimum Gasteiger partial charge on any atom is -0.291 e. The van der Waals surface area contributed by atoms with Gasteiger partial charge in [-0.2, -0.15) is 13.2 Å². The fourth-order valence-corrected chi connectivity index (χ4v) is 1.30. The molecule has 1 aliphatic heterocycles. The molecular formula is C4H6F3NS. The van der Waals surface area contributed by atoms with Crippen LogP contribution in [0.3, 0.4) is 0 Å². The van der Waals surface area contributed by atoms with Crippen molar-refractivity contribution < 1.29 is 13.2 Å². The van der Waals surface area contributed by atoms with Gasteiger partial charge in [0.25, 0.3) is 0 Å². The molecule has 1 rings (SSSR count). The number of nitrogens with one attached hydrogen (secondary N) is 1. The van der Waals surface area contributed by atoms with Gasteiger partial charge in [0.15, 0.2) is 0 Å². The van der Waals surface area contributed by atoms with Gasteiger partial charge >= 0.3 is 6.18 Å². The second-order valence-corrected chi connectivity index (χ2v) is 2.82. The summed E-state index contributed by atoms with van der Waals surface area (Å²) in [5.41, 5.74) is 0. The lowest BCUT2D eigenvalue weighted by molar-refractivity contribution is -0.128. The molecule has 1 saturated heterocycles. The topological polar surface area (TPSA) is 21.9 Å². The first-order valence-corrected chi connectivity index (χ1v) is 3.70. The predicted molar refractivity (Wildman–Crippen MR) is 30.3 cm³/mol. The minimum absolute atomic E-state index is 0.398. The van der Waals surface area contributed by atoms with Crippen molar-refractivity contribution in [1.82, 2.24) is 5.32 Å². The summed E-state index contributed by atoms with van der Waals surface area (Å²) in [4.78, 5) is 0. The molecule has 0 aromatic carbocycles. The van der Waals surface area contributed by atoms with E-state index in [4.69, 9.17) is 0 Å². The fraction of sp³-hybridized carbons (Fsp3) is 1.00. The first-order valence-electron chi connectivity index (χ1n) is 2.41. The average Bonchev–Trinajstić information content (AvgIpc) is 2.39. The van der Waals surface area contributed by atoms with Gasteiger partial charge in [-0.15, -0.1) is 11.8 Å². The van der Waals surface area contributed by atoms with E-state index in [2.05, 4.69) is 5.32 Å². The molecule has 1 heterocycles. The van der Waals surface area contributed by atoms with Crippen LogP contribution in [0.4, 0.5) is 13.2 Å². The molecule has 5 heteroatoms. The lowest BCUT2D eigenvalue weighted by Gasteiger charge is -2.00. The van der Waals surface area contributed by atoms with Crippen LogP contribution in [-0.4, -0.2) is 23.8 Å². The van der Waals surface area contributed by atoms with Crippen molar-refractivity contribution in [3.8, 4) is 0 Å². The SMILES string of the molecule is CS[C@H]1N[C@H]1C(F)(F)F. The summed E-state index contributed by atoms with van der Waals surface area (Å²) in [5, 5.41) is 1.90. The Morgan fingerprint density at radius 1 is 1.44 bits per heavy atom. The number of thioether (sulfide) groups is 1. The molecule has 0 spiro atoms. The van der Waals surface area contributed by atoms with E-state index in [-0.39, 0.29) is 0 Å². The Balaban J connectivity index is 2.33. The highest BCUT2D eigenvalue weighted by Gasteiger charge is 2.55. The van der Waals surface area contributed by atoms with E-state index in [0.717, 1.165) is 0 Å². The molecule has 0 unspecified atom stereocenters. The highest BCUT2D eigenvalue weighted by atomic mass is 32.2. The molecule has 0 bridgehead atoms. The summed E-state index contributed by atoms with van der Waals surface area (Å²) in [6.07, 6.45) is -2.39. The Bertz CT molecular complexity index is 113. The maximum absolute atomic E-state index is 11.6. The van der Waals surface area contributed by atoms with Crippen LogP contribution < -0.4 is 5.32 Å². The molecule has 1 nitrogen and oxygen atoms in total. The van der Waals surface area contributed by atoms with E-state index in [1.807, 2.05) is 0 Å². The average molecular weight is 157 g/mol. The van der Waals surface area contributed by atoms with Crippen LogP contribution in [-0.2, 0) is 0 Å². The first-order chi connectivity index (χ1) is 4.05. The van der Waals surface area contributed by atoms with Gasteiger partial charge in [-0.3, -0.25) is 5.32 Å². The smallest absolute Gasteiger partial charge is 0.291 e. The first kappa shape index (κ1) is 7.21. The summed E-state index contributed by atoms with van der Waals surface area (Å²) in [6.45, 7) is 0. The van der Waals surface area contributed by atoms with Crippen molar-refractivity contribution in [2.24, 2.45) is 0 Å². The Hall–Kier alpha value is 0.100. The van der Waals surface area contributed by atoms with Gasteiger partial charge in [-0.25, -0.2) is 0 Å². The highest BCUT2D eigenvalue weighted by molar-refractivity contribution is 7.99. The van der Waals surface area contributed by atoms with Crippen LogP contribution >= 0.6 is 11.8 Å². The van der Waals surface area contributed by atoms with E-state index in [1.165, 1.54) is 11.8 Å². The van der Waals surface area contributed by atoms with Crippen LogP contribution in [0.15, 0.2) is 0 Å². The fourth-order valence-electron chi connectivity index (χ4n) is 0.592. The van der Waals surface area contributed by atoms with E-state index < -0.39 is 17.6 Å². The lowest BCUT2D eigenvalue weighted by Crippen LogP contribution is -2.19. The quantitative estimate of drug-likeness (QED) is 0.578. The summed E-state index contributed by atoms with van der Waals surface area (Å²) in [5.74, 6) is 0. The largest absolute Gasteiger partial charge is 0.406 e. The van der Waals surface area contributed by atoms with Gasteiger partial charge < -0.3 is 0 Å². The normalized spacial score (nSPS) is 34.7. The predicted octanol–water partition coefficient (Wildman–Crippen LogP) is 1.21. The second-order valence-electron chi connectivity index (χ2n) is 1.84. The third-order valence-corrected chi connectivity index (χ3v) is 2.06. The third-order valence-electron chi connectivity index (χ3n) is 1.14. The van der Waals surface area contributed by atoms with Crippen LogP contribution in [0.1, 0.15) is 0 Å².